The molecule has 0 aromatic heterocycles. The van der Waals surface area contributed by atoms with Crippen LogP contribution < -0.4 is 0 Å². The number of aliphatic hydroxyl groups is 1. The van der Waals surface area contributed by atoms with Gasteiger partial charge >= 0.3 is 0 Å². The number of hydrogen-bond donors (Lipinski definition) is 1. The molecule has 1 N–H and O–H groups in total. The molecule has 0 radical (unpaired) electrons. The van der Waals surface area contributed by atoms with Gasteiger partial charge in [0.15, 0.2) is 0 Å². The summed E-state index contributed by atoms with van der Waals surface area (Å²) in [6, 6.07) is 0. The van der Waals surface area contributed by atoms with Crippen molar-refractivity contribution in [2.45, 2.75) is 61.0 Å². The van der Waals surface area contributed by atoms with E-state index in [-0.39, 0.29) is 6.10 Å². The molecule has 0 aliphatic heterocycles. The lowest BCUT2D eigenvalue weighted by atomic mass is 10.2. The van der Waals surface area contributed by atoms with Gasteiger partial charge in [-0.3, -0.25) is 0 Å². The summed E-state index contributed by atoms with van der Waals surface area (Å²) in [5, 5.41) is 9.02. The summed E-state index contributed by atoms with van der Waals surface area (Å²) in [4.78, 5) is 0. The van der Waals surface area contributed by atoms with Gasteiger partial charge in [-0.15, -0.1) is 0 Å². The monoisotopic (exact) mass is 200 g/mol. The fraction of sp³-hybridized carbons (Fsp3) is 0.692. The quantitative estimate of drug-likeness (QED) is 0.672. The zero-order valence-corrected chi connectivity index (χ0v) is 11.0. The van der Waals surface area contributed by atoms with Gasteiger partial charge in [-0.1, -0.05) is 52.8 Å². The Labute approximate surface area is 90.5 Å². The van der Waals surface area contributed by atoms with Crippen molar-refractivity contribution in [1.29, 1.82) is 0 Å². The first-order valence-corrected chi connectivity index (χ1v) is 5.69. The molecule has 1 nitrogen and oxygen atoms in total. The second-order valence-corrected chi connectivity index (χ2v) is 2.42. The first kappa shape index (κ1) is 19.1. The lowest BCUT2D eigenvalue weighted by molar-refractivity contribution is 0.231. The van der Waals surface area contributed by atoms with Crippen LogP contribution >= 0.6 is 0 Å². The van der Waals surface area contributed by atoms with Gasteiger partial charge in [0.05, 0.1) is 6.10 Å². The third-order valence-corrected chi connectivity index (χ3v) is 1.39. The van der Waals surface area contributed by atoms with E-state index >= 15 is 0 Å². The second-order valence-electron chi connectivity index (χ2n) is 2.42. The zero-order valence-electron chi connectivity index (χ0n) is 11.0. The summed E-state index contributed by atoms with van der Waals surface area (Å²) in [5.74, 6) is 0. The summed E-state index contributed by atoms with van der Waals surface area (Å²) in [5.41, 5.74) is 1.00. The Morgan fingerprint density at radius 3 is 1.93 bits per heavy atom. The Bertz CT molecular complexity index is 132. The number of allylic oxidation sites excluding steroid dienone is 3. The van der Waals surface area contributed by atoms with E-state index < -0.39 is 0 Å². The van der Waals surface area contributed by atoms with Gasteiger partial charge < -0.3 is 5.11 Å². The smallest absolute Gasteiger partial charge is 0.0722 e. The fourth-order valence-electron chi connectivity index (χ4n) is 0.495. The van der Waals surface area contributed by atoms with Crippen LogP contribution in [0.2, 0.25) is 0 Å². The lowest BCUT2D eigenvalue weighted by Gasteiger charge is -2.00. The molecule has 0 aliphatic carbocycles. The topological polar surface area (TPSA) is 20.2 Å². The van der Waals surface area contributed by atoms with Crippen molar-refractivity contribution in [1.82, 2.24) is 0 Å². The predicted octanol–water partition coefficient (Wildman–Crippen LogP) is 4.33. The van der Waals surface area contributed by atoms with Crippen LogP contribution in [0.1, 0.15) is 54.9 Å². The average molecular weight is 200 g/mol. The molecule has 1 unspecified atom stereocenters. The van der Waals surface area contributed by atoms with E-state index in [1.54, 1.807) is 6.92 Å². The molecule has 0 spiro atoms. The Morgan fingerprint density at radius 2 is 1.64 bits per heavy atom. The molecule has 1 heteroatoms. The largest absolute Gasteiger partial charge is 0.389 e. The summed E-state index contributed by atoms with van der Waals surface area (Å²) < 4.78 is 0. The first-order valence-electron chi connectivity index (χ1n) is 5.69. The van der Waals surface area contributed by atoms with Gasteiger partial charge in [0.1, 0.15) is 0 Å². The van der Waals surface area contributed by atoms with Gasteiger partial charge in [0.25, 0.3) is 0 Å². The SMILES string of the molecule is CC.CC.CC/C=C\C=C(\C)C(C)O. The predicted molar refractivity (Wildman–Crippen MR) is 67.6 cm³/mol. The maximum atomic E-state index is 9.02. The molecule has 86 valence electrons. The number of hydrogen-bond acceptors (Lipinski definition) is 1. The minimum atomic E-state index is -0.318. The molecule has 0 aliphatic rings. The molecule has 0 fully saturated rings. The molecule has 0 saturated heterocycles. The molecule has 0 bridgehead atoms. The number of rotatable bonds is 3. The fourth-order valence-corrected chi connectivity index (χ4v) is 0.495. The Morgan fingerprint density at radius 1 is 1.21 bits per heavy atom. The summed E-state index contributed by atoms with van der Waals surface area (Å²) in [7, 11) is 0. The molecular weight excluding hydrogens is 172 g/mol. The Balaban J connectivity index is -0.000000266. The van der Waals surface area contributed by atoms with Gasteiger partial charge in [-0.05, 0) is 25.8 Å². The van der Waals surface area contributed by atoms with Gasteiger partial charge in [0, 0.05) is 0 Å². The van der Waals surface area contributed by atoms with E-state index in [2.05, 4.69) is 13.0 Å². The van der Waals surface area contributed by atoms with Crippen LogP contribution in [0.3, 0.4) is 0 Å². The average Bonchev–Trinajstić information content (AvgIpc) is 2.24. The van der Waals surface area contributed by atoms with Crippen molar-refractivity contribution in [2.24, 2.45) is 0 Å². The van der Waals surface area contributed by atoms with E-state index in [9.17, 15) is 0 Å². The van der Waals surface area contributed by atoms with Crippen LogP contribution in [0.4, 0.5) is 0 Å². The minimum absolute atomic E-state index is 0.318. The third kappa shape index (κ3) is 17.5. The van der Waals surface area contributed by atoms with Gasteiger partial charge in [0.2, 0.25) is 0 Å². The van der Waals surface area contributed by atoms with E-state index in [1.807, 2.05) is 46.8 Å². The van der Waals surface area contributed by atoms with E-state index in [0.717, 1.165) is 12.0 Å². The number of aliphatic hydroxyl groups excluding tert-OH is 1. The molecule has 0 saturated carbocycles. The van der Waals surface area contributed by atoms with E-state index in [0.29, 0.717) is 0 Å². The highest BCUT2D eigenvalue weighted by Crippen LogP contribution is 1.99. The van der Waals surface area contributed by atoms with Gasteiger partial charge in [-0.25, -0.2) is 0 Å². The lowest BCUT2D eigenvalue weighted by Crippen LogP contribution is -1.99. The van der Waals surface area contributed by atoms with Crippen molar-refractivity contribution >= 4 is 0 Å². The van der Waals surface area contributed by atoms with Crippen molar-refractivity contribution < 1.29 is 5.11 Å². The normalized spacial score (nSPS) is 12.4. The van der Waals surface area contributed by atoms with E-state index in [1.165, 1.54) is 0 Å². The van der Waals surface area contributed by atoms with E-state index in [4.69, 9.17) is 5.11 Å². The third-order valence-electron chi connectivity index (χ3n) is 1.39. The standard InChI is InChI=1S/C9H16O.2C2H6/c1-4-5-6-7-8(2)9(3)10;2*1-2/h5-7,9-10H,4H2,1-3H3;2*1-2H3/b6-5-,8-7-;;. The molecule has 0 amide bonds. The summed E-state index contributed by atoms with van der Waals surface area (Å²) >= 11 is 0. The van der Waals surface area contributed by atoms with Gasteiger partial charge in [-0.2, -0.15) is 0 Å². The summed E-state index contributed by atoms with van der Waals surface area (Å²) in [6.07, 6.45) is 6.70. The van der Waals surface area contributed by atoms with Crippen molar-refractivity contribution in [2.75, 3.05) is 0 Å². The molecule has 0 aromatic carbocycles. The van der Waals surface area contributed by atoms with Crippen LogP contribution in [0.15, 0.2) is 23.8 Å². The molecule has 0 aromatic rings. The summed E-state index contributed by atoms with van der Waals surface area (Å²) in [6.45, 7) is 13.8. The maximum Gasteiger partial charge on any atom is 0.0722 e. The van der Waals surface area contributed by atoms with Crippen LogP contribution in [0.5, 0.6) is 0 Å². The van der Waals surface area contributed by atoms with Crippen LogP contribution in [-0.2, 0) is 0 Å². The molecular formula is C13H28O. The highest BCUT2D eigenvalue weighted by Gasteiger charge is 1.93. The highest BCUT2D eigenvalue weighted by molar-refractivity contribution is 5.12. The molecule has 14 heavy (non-hydrogen) atoms. The Kier molecular flexibility index (Phi) is 24.9. The van der Waals surface area contributed by atoms with Crippen LogP contribution in [0, 0.1) is 0 Å². The van der Waals surface area contributed by atoms with Crippen molar-refractivity contribution in [3.8, 4) is 0 Å². The zero-order chi connectivity index (χ0) is 12.0. The highest BCUT2D eigenvalue weighted by atomic mass is 16.3. The van der Waals surface area contributed by atoms with Crippen molar-refractivity contribution in [3.05, 3.63) is 23.8 Å². The minimum Gasteiger partial charge on any atom is -0.389 e. The Hall–Kier alpha value is -0.560. The molecule has 1 atom stereocenters. The maximum absolute atomic E-state index is 9.02. The molecule has 0 heterocycles. The second kappa shape index (κ2) is 18.3. The van der Waals surface area contributed by atoms with Crippen LogP contribution in [-0.4, -0.2) is 11.2 Å². The first-order chi connectivity index (χ1) is 6.68. The van der Waals surface area contributed by atoms with Crippen molar-refractivity contribution in [3.63, 3.8) is 0 Å². The van der Waals surface area contributed by atoms with Crippen LogP contribution in [0.25, 0.3) is 0 Å². The molecule has 0 rings (SSSR count).